The normalized spacial score (nSPS) is 10.7. The Labute approximate surface area is 167 Å². The molecule has 3 rings (SSSR count). The van der Waals surface area contributed by atoms with E-state index in [1.54, 1.807) is 25.1 Å². The van der Waals surface area contributed by atoms with E-state index in [0.29, 0.717) is 27.3 Å². The Morgan fingerprint density at radius 3 is 2.61 bits per heavy atom. The molecule has 6 nitrogen and oxygen atoms in total. The molecule has 1 aromatic heterocycles. The van der Waals surface area contributed by atoms with E-state index < -0.39 is 11.9 Å². The third-order valence-electron chi connectivity index (χ3n) is 4.37. The zero-order valence-corrected chi connectivity index (χ0v) is 16.4. The second-order valence-corrected chi connectivity index (χ2v) is 6.78. The van der Waals surface area contributed by atoms with Crippen LogP contribution in [0.3, 0.4) is 0 Å². The molecule has 0 saturated carbocycles. The molecule has 7 heteroatoms. The van der Waals surface area contributed by atoms with E-state index in [9.17, 15) is 14.7 Å². The number of halogens is 1. The second-order valence-electron chi connectivity index (χ2n) is 6.35. The number of anilines is 2. The predicted molar refractivity (Wildman–Crippen MR) is 109 cm³/mol. The third-order valence-corrected chi connectivity index (χ3v) is 4.58. The number of aryl methyl sites for hydroxylation is 2. The first-order chi connectivity index (χ1) is 13.3. The van der Waals surface area contributed by atoms with Crippen molar-refractivity contribution in [2.24, 2.45) is 0 Å². The molecule has 0 spiro atoms. The van der Waals surface area contributed by atoms with Crippen molar-refractivity contribution in [1.82, 2.24) is 4.98 Å². The van der Waals surface area contributed by atoms with Gasteiger partial charge in [-0.3, -0.25) is 4.98 Å². The molecule has 0 unspecified atom stereocenters. The number of hydrogen-bond donors (Lipinski definition) is 2. The first-order valence-corrected chi connectivity index (χ1v) is 9.06. The van der Waals surface area contributed by atoms with Gasteiger partial charge < -0.3 is 15.2 Å². The van der Waals surface area contributed by atoms with Crippen molar-refractivity contribution in [3.05, 3.63) is 63.8 Å². The van der Waals surface area contributed by atoms with Crippen molar-refractivity contribution in [3.63, 3.8) is 0 Å². The summed E-state index contributed by atoms with van der Waals surface area (Å²) in [7, 11) is 0. The van der Waals surface area contributed by atoms with Crippen molar-refractivity contribution in [2.45, 2.75) is 20.8 Å². The second kappa shape index (κ2) is 7.86. The van der Waals surface area contributed by atoms with Crippen LogP contribution in [0.1, 0.15) is 38.8 Å². The molecule has 1 heterocycles. The number of nitrogens with one attached hydrogen (secondary N) is 1. The lowest BCUT2D eigenvalue weighted by Gasteiger charge is -2.17. The molecule has 0 amide bonds. The van der Waals surface area contributed by atoms with Crippen molar-refractivity contribution in [1.29, 1.82) is 0 Å². The van der Waals surface area contributed by atoms with Crippen LogP contribution < -0.4 is 5.32 Å². The zero-order chi connectivity index (χ0) is 20.4. The van der Waals surface area contributed by atoms with Crippen LogP contribution in [0.15, 0.2) is 36.5 Å². The van der Waals surface area contributed by atoms with Crippen LogP contribution in [0.4, 0.5) is 11.4 Å². The number of pyridine rings is 1. The number of carbonyl (C=O) groups excluding carboxylic acids is 1. The Morgan fingerprint density at radius 1 is 1.18 bits per heavy atom. The number of fused-ring (bicyclic) bond motifs is 1. The standard InChI is InChI=1S/C21H19ClN2O4/c1-4-28-21(27)16-10-23-18-12(3)7-14(22)9-15(18)19(16)24-17-8-13(20(25)26)6-5-11(17)2/h5-10H,4H2,1-3H3,(H,23,24)(H,25,26). The Kier molecular flexibility index (Phi) is 5.51. The molecule has 0 bridgehead atoms. The molecule has 0 saturated heterocycles. The van der Waals surface area contributed by atoms with Gasteiger partial charge in [-0.05, 0) is 56.2 Å². The van der Waals surface area contributed by atoms with Gasteiger partial charge in [0.25, 0.3) is 0 Å². The molecule has 0 radical (unpaired) electrons. The lowest BCUT2D eigenvalue weighted by Crippen LogP contribution is -2.10. The summed E-state index contributed by atoms with van der Waals surface area (Å²) in [5.74, 6) is -1.56. The number of nitrogens with zero attached hydrogens (tertiary/aromatic N) is 1. The largest absolute Gasteiger partial charge is 0.478 e. The van der Waals surface area contributed by atoms with Crippen LogP contribution in [-0.2, 0) is 4.74 Å². The molecule has 0 aliphatic rings. The van der Waals surface area contributed by atoms with Crippen LogP contribution in [0.25, 0.3) is 10.9 Å². The van der Waals surface area contributed by atoms with Crippen molar-refractivity contribution in [2.75, 3.05) is 11.9 Å². The van der Waals surface area contributed by atoms with E-state index >= 15 is 0 Å². The van der Waals surface area contributed by atoms with Crippen LogP contribution in [0, 0.1) is 13.8 Å². The van der Waals surface area contributed by atoms with Gasteiger partial charge in [0.05, 0.1) is 23.4 Å². The first-order valence-electron chi connectivity index (χ1n) is 8.68. The molecular weight excluding hydrogens is 380 g/mol. The van der Waals surface area contributed by atoms with Gasteiger partial charge in [0, 0.05) is 22.3 Å². The SMILES string of the molecule is CCOC(=O)c1cnc2c(C)cc(Cl)cc2c1Nc1cc(C(=O)O)ccc1C. The maximum atomic E-state index is 12.5. The Bertz CT molecular complexity index is 1100. The van der Waals surface area contributed by atoms with E-state index in [0.717, 1.165) is 11.1 Å². The van der Waals surface area contributed by atoms with Gasteiger partial charge in [0.1, 0.15) is 5.56 Å². The van der Waals surface area contributed by atoms with E-state index in [1.165, 1.54) is 18.3 Å². The molecule has 0 aliphatic heterocycles. The number of carbonyl (C=O) groups is 2. The van der Waals surface area contributed by atoms with Crippen molar-refractivity contribution >= 4 is 45.8 Å². The van der Waals surface area contributed by atoms with Gasteiger partial charge in [-0.1, -0.05) is 17.7 Å². The number of carboxylic acid groups (broad SMARTS) is 1. The number of benzene rings is 2. The van der Waals surface area contributed by atoms with E-state index in [-0.39, 0.29) is 17.7 Å². The quantitative estimate of drug-likeness (QED) is 0.579. The van der Waals surface area contributed by atoms with Gasteiger partial charge >= 0.3 is 11.9 Å². The van der Waals surface area contributed by atoms with Gasteiger partial charge in [0.2, 0.25) is 0 Å². The highest BCUT2D eigenvalue weighted by Gasteiger charge is 2.19. The summed E-state index contributed by atoms with van der Waals surface area (Å²) in [6.45, 7) is 5.67. The minimum absolute atomic E-state index is 0.137. The molecule has 0 aliphatic carbocycles. The van der Waals surface area contributed by atoms with E-state index in [2.05, 4.69) is 10.3 Å². The third kappa shape index (κ3) is 3.77. The number of carboxylic acids is 1. The van der Waals surface area contributed by atoms with Crippen LogP contribution in [-0.4, -0.2) is 28.6 Å². The van der Waals surface area contributed by atoms with E-state index in [4.69, 9.17) is 16.3 Å². The number of esters is 1. The van der Waals surface area contributed by atoms with Gasteiger partial charge in [-0.25, -0.2) is 9.59 Å². The average Bonchev–Trinajstić information content (AvgIpc) is 2.63. The molecule has 28 heavy (non-hydrogen) atoms. The van der Waals surface area contributed by atoms with Crippen molar-refractivity contribution in [3.8, 4) is 0 Å². The number of rotatable bonds is 5. The summed E-state index contributed by atoms with van der Waals surface area (Å²) >= 11 is 6.24. The van der Waals surface area contributed by atoms with Crippen molar-refractivity contribution < 1.29 is 19.4 Å². The lowest BCUT2D eigenvalue weighted by molar-refractivity contribution is 0.0526. The smallest absolute Gasteiger partial charge is 0.341 e. The van der Waals surface area contributed by atoms with Gasteiger partial charge in [-0.2, -0.15) is 0 Å². The Balaban J connectivity index is 2.25. The maximum absolute atomic E-state index is 12.5. The summed E-state index contributed by atoms with van der Waals surface area (Å²) in [4.78, 5) is 28.3. The topological polar surface area (TPSA) is 88.5 Å². The number of aromatic carboxylic acids is 1. The number of aromatic nitrogens is 1. The van der Waals surface area contributed by atoms with E-state index in [1.807, 2.05) is 13.8 Å². The van der Waals surface area contributed by atoms with Gasteiger partial charge in [-0.15, -0.1) is 0 Å². The zero-order valence-electron chi connectivity index (χ0n) is 15.7. The maximum Gasteiger partial charge on any atom is 0.341 e. The first kappa shape index (κ1) is 19.6. The summed E-state index contributed by atoms with van der Waals surface area (Å²) in [5, 5.41) is 13.7. The van der Waals surface area contributed by atoms with Gasteiger partial charge in [0.15, 0.2) is 0 Å². The highest BCUT2D eigenvalue weighted by atomic mass is 35.5. The minimum Gasteiger partial charge on any atom is -0.478 e. The summed E-state index contributed by atoms with van der Waals surface area (Å²) in [6.07, 6.45) is 1.46. The monoisotopic (exact) mass is 398 g/mol. The molecule has 0 atom stereocenters. The fourth-order valence-electron chi connectivity index (χ4n) is 2.96. The molecule has 2 N–H and O–H groups in total. The number of ether oxygens (including phenoxy) is 1. The molecular formula is C21H19ClN2O4. The Hall–Kier alpha value is -3.12. The summed E-state index contributed by atoms with van der Waals surface area (Å²) < 4.78 is 5.16. The average molecular weight is 399 g/mol. The van der Waals surface area contributed by atoms with Crippen LogP contribution in [0.5, 0.6) is 0 Å². The molecule has 144 valence electrons. The fraction of sp³-hybridized carbons (Fsp3) is 0.190. The number of hydrogen-bond acceptors (Lipinski definition) is 5. The predicted octanol–water partition coefficient (Wildman–Crippen LogP) is 5.12. The molecule has 2 aromatic carbocycles. The summed E-state index contributed by atoms with van der Waals surface area (Å²) in [6, 6.07) is 8.27. The minimum atomic E-state index is -1.04. The van der Waals surface area contributed by atoms with Crippen LogP contribution >= 0.6 is 11.6 Å². The fourth-order valence-corrected chi connectivity index (χ4v) is 3.23. The van der Waals surface area contributed by atoms with Crippen LogP contribution in [0.2, 0.25) is 5.02 Å². The summed E-state index contributed by atoms with van der Waals surface area (Å²) in [5.41, 5.74) is 3.79. The Morgan fingerprint density at radius 2 is 1.93 bits per heavy atom. The highest BCUT2D eigenvalue weighted by molar-refractivity contribution is 6.31. The molecule has 0 fully saturated rings. The molecule has 3 aromatic rings. The lowest BCUT2D eigenvalue weighted by atomic mass is 10.0. The highest BCUT2D eigenvalue weighted by Crippen LogP contribution is 2.34.